The fourth-order valence-electron chi connectivity index (χ4n) is 4.27. The molecule has 0 unspecified atom stereocenters. The summed E-state index contributed by atoms with van der Waals surface area (Å²) in [6.45, 7) is 9.62. The van der Waals surface area contributed by atoms with Gasteiger partial charge in [0.25, 0.3) is 0 Å². The van der Waals surface area contributed by atoms with Gasteiger partial charge in [-0.3, -0.25) is 9.69 Å². The number of anilines is 1. The number of hydrogen-bond donors (Lipinski definition) is 1. The summed E-state index contributed by atoms with van der Waals surface area (Å²) in [7, 11) is 0. The number of fused-ring (bicyclic) bond motifs is 1. The number of amides is 1. The van der Waals surface area contributed by atoms with Crippen molar-refractivity contribution in [1.82, 2.24) is 20.4 Å². The predicted octanol–water partition coefficient (Wildman–Crippen LogP) is 2.26. The molecule has 0 bridgehead atoms. The van der Waals surface area contributed by atoms with Gasteiger partial charge in [-0.05, 0) is 24.6 Å². The maximum absolute atomic E-state index is 14.1. The lowest BCUT2D eigenvalue weighted by Gasteiger charge is -2.32. The van der Waals surface area contributed by atoms with Crippen LogP contribution in [0.1, 0.15) is 37.7 Å². The van der Waals surface area contributed by atoms with Crippen LogP contribution in [0.5, 0.6) is 0 Å². The van der Waals surface area contributed by atoms with Crippen LogP contribution >= 0.6 is 0 Å². The van der Waals surface area contributed by atoms with Gasteiger partial charge in [0.15, 0.2) is 0 Å². The molecule has 4 rings (SSSR count). The minimum atomic E-state index is -0.614. The van der Waals surface area contributed by atoms with Gasteiger partial charge in [-0.25, -0.2) is 8.78 Å². The van der Waals surface area contributed by atoms with Crippen molar-refractivity contribution in [2.45, 2.75) is 38.6 Å². The molecule has 0 aliphatic carbocycles. The molecule has 2 aliphatic rings. The summed E-state index contributed by atoms with van der Waals surface area (Å²) in [6, 6.07) is 5.68. The number of nitrogens with one attached hydrogen (secondary N) is 1. The summed E-state index contributed by atoms with van der Waals surface area (Å²) >= 11 is 0. The maximum Gasteiger partial charge on any atom is 0.241 e. The second-order valence-electron chi connectivity index (χ2n) is 8.94. The van der Waals surface area contributed by atoms with Gasteiger partial charge in [0.1, 0.15) is 11.6 Å². The van der Waals surface area contributed by atoms with E-state index in [9.17, 15) is 13.6 Å². The number of carbonyl (C=O) groups is 1. The molecule has 0 spiro atoms. The number of hydrogen-bond acceptors (Lipinski definition) is 5. The van der Waals surface area contributed by atoms with Crippen molar-refractivity contribution in [2.24, 2.45) is 0 Å². The smallest absolute Gasteiger partial charge is 0.241 e. The lowest BCUT2D eigenvalue weighted by Crippen LogP contribution is -2.52. The minimum Gasteiger partial charge on any atom is -0.312 e. The number of piperazine rings is 1. The SMILES string of the molecule is C[C@@H]1CN(CC(=O)N2CC(C)(C)c3nnc(Cc4ccc(F)cc4F)cc32)CCN1. The average Bonchev–Trinajstić information content (AvgIpc) is 2.95. The van der Waals surface area contributed by atoms with Crippen LogP contribution in [0.25, 0.3) is 0 Å². The highest BCUT2D eigenvalue weighted by Gasteiger charge is 2.40. The Morgan fingerprint density at radius 2 is 2.07 bits per heavy atom. The van der Waals surface area contributed by atoms with Gasteiger partial charge >= 0.3 is 0 Å². The van der Waals surface area contributed by atoms with Crippen LogP contribution in [0, 0.1) is 11.6 Å². The number of benzene rings is 1. The van der Waals surface area contributed by atoms with Gasteiger partial charge in [-0.15, -0.1) is 0 Å². The summed E-state index contributed by atoms with van der Waals surface area (Å²) in [5.41, 5.74) is 2.09. The van der Waals surface area contributed by atoms with Crippen LogP contribution in [0.15, 0.2) is 24.3 Å². The van der Waals surface area contributed by atoms with Crippen molar-refractivity contribution < 1.29 is 13.6 Å². The molecule has 1 saturated heterocycles. The van der Waals surface area contributed by atoms with Crippen molar-refractivity contribution >= 4 is 11.6 Å². The molecule has 1 amide bonds. The first-order chi connectivity index (χ1) is 14.2. The zero-order valence-corrected chi connectivity index (χ0v) is 17.6. The van der Waals surface area contributed by atoms with Crippen molar-refractivity contribution in [1.29, 1.82) is 0 Å². The van der Waals surface area contributed by atoms with E-state index in [0.29, 0.717) is 30.4 Å². The third-order valence-electron chi connectivity index (χ3n) is 5.81. The molecule has 1 aromatic carbocycles. The molecule has 30 heavy (non-hydrogen) atoms. The zero-order chi connectivity index (χ0) is 21.5. The maximum atomic E-state index is 14.1. The van der Waals surface area contributed by atoms with E-state index in [1.165, 1.54) is 12.1 Å². The standard InChI is InChI=1S/C22H27F2N5O/c1-14-11-28(7-6-25-14)12-20(30)29-13-22(2,3)21-19(29)10-17(26-27-21)8-15-4-5-16(23)9-18(15)24/h4-5,9-10,14,25H,6-8,11-13H2,1-3H3/t14-/m1/s1. The molecule has 0 radical (unpaired) electrons. The molecule has 0 saturated carbocycles. The molecule has 2 aliphatic heterocycles. The van der Waals surface area contributed by atoms with Crippen molar-refractivity contribution in [3.05, 3.63) is 52.9 Å². The molecule has 3 heterocycles. The second-order valence-corrected chi connectivity index (χ2v) is 8.94. The number of aromatic nitrogens is 2. The Labute approximate surface area is 175 Å². The normalized spacial score (nSPS) is 21.0. The molecule has 2 aromatic rings. The molecule has 6 nitrogen and oxygen atoms in total. The van der Waals surface area contributed by atoms with Gasteiger partial charge < -0.3 is 10.2 Å². The Morgan fingerprint density at radius 1 is 1.27 bits per heavy atom. The largest absolute Gasteiger partial charge is 0.312 e. The highest BCUT2D eigenvalue weighted by Crippen LogP contribution is 2.39. The fourth-order valence-corrected chi connectivity index (χ4v) is 4.27. The van der Waals surface area contributed by atoms with E-state index in [4.69, 9.17) is 0 Å². The topological polar surface area (TPSA) is 61.4 Å². The van der Waals surface area contributed by atoms with Gasteiger partial charge in [0.05, 0.1) is 23.6 Å². The Bertz CT molecular complexity index is 965. The summed E-state index contributed by atoms with van der Waals surface area (Å²) < 4.78 is 27.3. The van der Waals surface area contributed by atoms with Gasteiger partial charge in [0.2, 0.25) is 5.91 Å². The van der Waals surface area contributed by atoms with Crippen molar-refractivity contribution in [2.75, 3.05) is 37.6 Å². The summed E-state index contributed by atoms with van der Waals surface area (Å²) in [5.74, 6) is -1.20. The number of nitrogens with zero attached hydrogens (tertiary/aromatic N) is 4. The fraction of sp³-hybridized carbons (Fsp3) is 0.500. The molecular weight excluding hydrogens is 388 g/mol. The van der Waals surface area contributed by atoms with E-state index in [-0.39, 0.29) is 17.7 Å². The Hall–Kier alpha value is -2.45. The summed E-state index contributed by atoms with van der Waals surface area (Å²) in [5, 5.41) is 12.0. The molecule has 1 fully saturated rings. The monoisotopic (exact) mass is 415 g/mol. The van der Waals surface area contributed by atoms with Crippen LogP contribution in [-0.4, -0.2) is 59.8 Å². The first-order valence-corrected chi connectivity index (χ1v) is 10.3. The van der Waals surface area contributed by atoms with Crippen LogP contribution in [0.3, 0.4) is 0 Å². The summed E-state index contributed by atoms with van der Waals surface area (Å²) in [6.07, 6.45) is 0.185. The molecule has 8 heteroatoms. The third kappa shape index (κ3) is 4.20. The third-order valence-corrected chi connectivity index (χ3v) is 5.81. The van der Waals surface area contributed by atoms with E-state index in [2.05, 4.69) is 27.3 Å². The van der Waals surface area contributed by atoms with E-state index < -0.39 is 11.6 Å². The van der Waals surface area contributed by atoms with Crippen molar-refractivity contribution in [3.8, 4) is 0 Å². The minimum absolute atomic E-state index is 0.0304. The van der Waals surface area contributed by atoms with Gasteiger partial charge in [-0.1, -0.05) is 19.9 Å². The second kappa shape index (κ2) is 8.00. The van der Waals surface area contributed by atoms with Crippen LogP contribution in [-0.2, 0) is 16.6 Å². The molecule has 160 valence electrons. The van der Waals surface area contributed by atoms with Crippen LogP contribution < -0.4 is 10.2 Å². The van der Waals surface area contributed by atoms with Crippen LogP contribution in [0.4, 0.5) is 14.5 Å². The number of rotatable bonds is 4. The first kappa shape index (κ1) is 20.8. The van der Waals surface area contributed by atoms with Gasteiger partial charge in [0, 0.05) is 50.1 Å². The zero-order valence-electron chi connectivity index (χ0n) is 17.6. The van der Waals surface area contributed by atoms with Crippen LogP contribution in [0.2, 0.25) is 0 Å². The van der Waals surface area contributed by atoms with E-state index in [1.54, 1.807) is 4.90 Å². The van der Waals surface area contributed by atoms with Gasteiger partial charge in [-0.2, -0.15) is 10.2 Å². The molecule has 1 aromatic heterocycles. The van der Waals surface area contributed by atoms with Crippen molar-refractivity contribution in [3.63, 3.8) is 0 Å². The molecular formula is C22H27F2N5O. The van der Waals surface area contributed by atoms with E-state index in [1.807, 2.05) is 19.9 Å². The predicted molar refractivity (Wildman–Crippen MR) is 110 cm³/mol. The lowest BCUT2D eigenvalue weighted by molar-refractivity contribution is -0.120. The first-order valence-electron chi connectivity index (χ1n) is 10.3. The number of halogens is 2. The summed E-state index contributed by atoms with van der Waals surface area (Å²) in [4.78, 5) is 17.1. The molecule has 1 N–H and O–H groups in total. The quantitative estimate of drug-likeness (QED) is 0.830. The Balaban J connectivity index is 1.57. The number of carbonyl (C=O) groups excluding carboxylic acids is 1. The Morgan fingerprint density at radius 3 is 2.80 bits per heavy atom. The molecule has 1 atom stereocenters. The lowest BCUT2D eigenvalue weighted by atomic mass is 9.91. The average molecular weight is 415 g/mol. The van der Waals surface area contributed by atoms with E-state index >= 15 is 0 Å². The van der Waals surface area contributed by atoms with E-state index in [0.717, 1.165) is 37.1 Å². The highest BCUT2D eigenvalue weighted by atomic mass is 19.1. The Kier molecular flexibility index (Phi) is 5.55. The highest BCUT2D eigenvalue weighted by molar-refractivity contribution is 5.97.